The number of nitrogens with two attached hydrogens (primary N) is 1. The third-order valence-electron chi connectivity index (χ3n) is 4.53. The summed E-state index contributed by atoms with van der Waals surface area (Å²) in [7, 11) is 1.67. The summed E-state index contributed by atoms with van der Waals surface area (Å²) >= 11 is 0. The van der Waals surface area contributed by atoms with E-state index in [0.717, 1.165) is 13.0 Å². The quantitative estimate of drug-likeness (QED) is 0.825. The van der Waals surface area contributed by atoms with Crippen LogP contribution in [0.2, 0.25) is 0 Å². The van der Waals surface area contributed by atoms with Gasteiger partial charge in [-0.3, -0.25) is 14.5 Å². The Labute approximate surface area is 153 Å². The molecule has 0 radical (unpaired) electrons. The Hall–Kier alpha value is -2.68. The van der Waals surface area contributed by atoms with Crippen molar-refractivity contribution in [3.05, 3.63) is 53.1 Å². The van der Waals surface area contributed by atoms with Gasteiger partial charge in [0.05, 0.1) is 0 Å². The number of ether oxygens (including phenoxy) is 1. The number of Topliss-reactive ketones (excluding diaryl/α,β-unsaturated/α-hetero) is 1. The first-order valence-corrected chi connectivity index (χ1v) is 8.24. The van der Waals surface area contributed by atoms with Crippen LogP contribution in [0, 0.1) is 5.82 Å². The lowest BCUT2D eigenvalue weighted by atomic mass is 9.84. The molecule has 2 aromatic rings. The molecule has 1 aliphatic heterocycles. The van der Waals surface area contributed by atoms with Gasteiger partial charge < -0.3 is 10.5 Å². The molecule has 2 heterocycles. The van der Waals surface area contributed by atoms with Crippen molar-refractivity contribution in [3.63, 3.8) is 0 Å². The van der Waals surface area contributed by atoms with Crippen LogP contribution < -0.4 is 5.73 Å². The molecule has 27 heavy (non-hydrogen) atoms. The second-order valence-corrected chi connectivity index (χ2v) is 6.66. The van der Waals surface area contributed by atoms with E-state index in [0.29, 0.717) is 5.56 Å². The summed E-state index contributed by atoms with van der Waals surface area (Å²) in [5, 5.41) is 4.01. The van der Waals surface area contributed by atoms with Crippen molar-refractivity contribution in [1.82, 2.24) is 9.78 Å². The fraction of sp³-hybridized carbons (Fsp3) is 0.389. The van der Waals surface area contributed by atoms with Crippen molar-refractivity contribution in [2.75, 3.05) is 13.2 Å². The van der Waals surface area contributed by atoms with E-state index in [-0.39, 0.29) is 35.9 Å². The predicted molar refractivity (Wildman–Crippen MR) is 92.4 cm³/mol. The molecule has 1 atom stereocenters. The molecule has 0 amide bonds. The number of halogens is 3. The summed E-state index contributed by atoms with van der Waals surface area (Å²) in [5.74, 6) is -4.80. The van der Waals surface area contributed by atoms with Gasteiger partial charge in [-0.25, -0.2) is 13.2 Å². The molecule has 1 aliphatic rings. The number of hydrogen-bond acceptors (Lipinski definition) is 5. The zero-order valence-corrected chi connectivity index (χ0v) is 14.9. The van der Waals surface area contributed by atoms with Crippen LogP contribution in [-0.4, -0.2) is 40.5 Å². The number of nitrogens with zero attached hydrogens (tertiary/aromatic N) is 3. The predicted octanol–water partition coefficient (Wildman–Crippen LogP) is 2.22. The minimum Gasteiger partial charge on any atom is -0.385 e. The van der Waals surface area contributed by atoms with Gasteiger partial charge >= 0.3 is 0 Å². The summed E-state index contributed by atoms with van der Waals surface area (Å²) < 4.78 is 50.2. The molecule has 6 nitrogen and oxygen atoms in total. The molecule has 0 saturated carbocycles. The highest BCUT2D eigenvalue weighted by Crippen LogP contribution is 2.43. The monoisotopic (exact) mass is 380 g/mol. The molecule has 1 aromatic carbocycles. The third-order valence-corrected chi connectivity index (χ3v) is 4.53. The Morgan fingerprint density at radius 1 is 1.37 bits per heavy atom. The topological polar surface area (TPSA) is 82.5 Å². The number of rotatable bonds is 4. The summed E-state index contributed by atoms with van der Waals surface area (Å²) in [6.07, 6.45) is 1.51. The van der Waals surface area contributed by atoms with Gasteiger partial charge in [0.1, 0.15) is 30.6 Å². The number of hydrogen-bond donors (Lipinski definition) is 1. The van der Waals surface area contributed by atoms with Crippen LogP contribution in [0.5, 0.6) is 0 Å². The van der Waals surface area contributed by atoms with E-state index >= 15 is 0 Å². The van der Waals surface area contributed by atoms with Crippen LogP contribution in [-0.2, 0) is 23.7 Å². The van der Waals surface area contributed by atoms with E-state index < -0.39 is 23.9 Å². The molecule has 0 fully saturated rings. The highest BCUT2D eigenvalue weighted by atomic mass is 19.3. The van der Waals surface area contributed by atoms with Gasteiger partial charge in [0.25, 0.3) is 5.92 Å². The van der Waals surface area contributed by atoms with E-state index in [4.69, 9.17) is 10.5 Å². The van der Waals surface area contributed by atoms with Crippen molar-refractivity contribution < 1.29 is 22.7 Å². The van der Waals surface area contributed by atoms with Gasteiger partial charge in [-0.1, -0.05) is 6.07 Å². The minimum absolute atomic E-state index is 0.109. The molecule has 0 bridgehead atoms. The first-order chi connectivity index (χ1) is 12.6. The maximum Gasteiger partial charge on any atom is 0.299 e. The van der Waals surface area contributed by atoms with Gasteiger partial charge in [-0.05, 0) is 30.7 Å². The van der Waals surface area contributed by atoms with Crippen LogP contribution in [0.3, 0.4) is 0 Å². The normalized spacial score (nSPS) is 22.2. The molecule has 3 rings (SSSR count). The lowest BCUT2D eigenvalue weighted by Gasteiger charge is -2.33. The van der Waals surface area contributed by atoms with Crippen LogP contribution >= 0.6 is 0 Å². The summed E-state index contributed by atoms with van der Waals surface area (Å²) in [5.41, 5.74) is 3.65. The first-order valence-electron chi connectivity index (χ1n) is 8.24. The number of aryl methyl sites for hydroxylation is 1. The molecule has 1 aromatic heterocycles. The highest BCUT2D eigenvalue weighted by molar-refractivity contribution is 5.95. The van der Waals surface area contributed by atoms with E-state index in [2.05, 4.69) is 10.1 Å². The molecule has 0 aliphatic carbocycles. The van der Waals surface area contributed by atoms with Gasteiger partial charge in [-0.2, -0.15) is 5.10 Å². The number of aliphatic imine (C=N–C) groups is 1. The molecule has 0 saturated heterocycles. The number of alkyl halides is 2. The van der Waals surface area contributed by atoms with E-state index in [1.165, 1.54) is 16.8 Å². The highest BCUT2D eigenvalue weighted by Gasteiger charge is 2.54. The standard InChI is InChI=1S/C18H19F3N4O2/c1-17(18(20,21)10-27-9-16(22)23-17)12-7-11(3-4-13(12)19)8-15(26)14-5-6-25(2)24-14/h3-7H,8-10H2,1-2H3,(H2,22,23)/t17-/m1/s1. The van der Waals surface area contributed by atoms with Gasteiger partial charge in [0.2, 0.25) is 0 Å². The number of amidine groups is 1. The number of benzene rings is 1. The Morgan fingerprint density at radius 2 is 2.11 bits per heavy atom. The zero-order chi connectivity index (χ0) is 19.8. The van der Waals surface area contributed by atoms with Crippen molar-refractivity contribution in [2.24, 2.45) is 17.8 Å². The number of aromatic nitrogens is 2. The van der Waals surface area contributed by atoms with Crippen LogP contribution in [0.25, 0.3) is 0 Å². The lowest BCUT2D eigenvalue weighted by Crippen LogP contribution is -2.45. The minimum atomic E-state index is -3.49. The molecule has 2 N–H and O–H groups in total. The summed E-state index contributed by atoms with van der Waals surface area (Å²) in [6, 6.07) is 5.21. The fourth-order valence-corrected chi connectivity index (χ4v) is 2.98. The Morgan fingerprint density at radius 3 is 2.78 bits per heavy atom. The Kier molecular flexibility index (Phi) is 4.81. The fourth-order valence-electron chi connectivity index (χ4n) is 2.98. The second kappa shape index (κ2) is 6.80. The zero-order valence-electron chi connectivity index (χ0n) is 14.9. The Balaban J connectivity index is 1.99. The average molecular weight is 380 g/mol. The van der Waals surface area contributed by atoms with Crippen molar-refractivity contribution in [2.45, 2.75) is 24.8 Å². The number of ketones is 1. The maximum absolute atomic E-state index is 14.7. The second-order valence-electron chi connectivity index (χ2n) is 6.66. The molecule has 144 valence electrons. The van der Waals surface area contributed by atoms with E-state index in [9.17, 15) is 18.0 Å². The van der Waals surface area contributed by atoms with E-state index in [1.54, 1.807) is 19.3 Å². The Bertz CT molecular complexity index is 910. The molecule has 0 spiro atoms. The van der Waals surface area contributed by atoms with Crippen LogP contribution in [0.1, 0.15) is 28.5 Å². The summed E-state index contributed by atoms with van der Waals surface area (Å²) in [4.78, 5) is 16.2. The summed E-state index contributed by atoms with van der Waals surface area (Å²) in [6.45, 7) is -0.0911. The molecule has 0 unspecified atom stereocenters. The molecular formula is C18H19F3N4O2. The first kappa shape index (κ1) is 19.1. The van der Waals surface area contributed by atoms with Gasteiger partial charge in [0, 0.05) is 25.2 Å². The SMILES string of the molecule is Cn1ccc(C(=O)Cc2ccc(F)c([C@@]3(C)N=C(N)COCC3(F)F)c2)n1. The maximum atomic E-state index is 14.7. The van der Waals surface area contributed by atoms with Gasteiger partial charge in [-0.15, -0.1) is 0 Å². The van der Waals surface area contributed by atoms with Crippen molar-refractivity contribution >= 4 is 11.6 Å². The molecule has 9 heteroatoms. The molecular weight excluding hydrogens is 361 g/mol. The van der Waals surface area contributed by atoms with Crippen molar-refractivity contribution in [1.29, 1.82) is 0 Å². The number of carbonyl (C=O) groups is 1. The van der Waals surface area contributed by atoms with Crippen molar-refractivity contribution in [3.8, 4) is 0 Å². The third kappa shape index (κ3) is 3.59. The average Bonchev–Trinajstić information content (AvgIpc) is 2.98. The smallest absolute Gasteiger partial charge is 0.299 e. The van der Waals surface area contributed by atoms with E-state index in [1.807, 2.05) is 0 Å². The van der Waals surface area contributed by atoms with Gasteiger partial charge in [0.15, 0.2) is 11.3 Å². The van der Waals surface area contributed by atoms with Crippen LogP contribution in [0.4, 0.5) is 13.2 Å². The van der Waals surface area contributed by atoms with Crippen LogP contribution in [0.15, 0.2) is 35.5 Å². The lowest BCUT2D eigenvalue weighted by molar-refractivity contribution is -0.116. The number of carbonyl (C=O) groups excluding carboxylic acids is 1. The largest absolute Gasteiger partial charge is 0.385 e.